The third kappa shape index (κ3) is 4.06. The van der Waals surface area contributed by atoms with Crippen LogP contribution in [0.15, 0.2) is 60.1 Å². The lowest BCUT2D eigenvalue weighted by Crippen LogP contribution is -2.23. The van der Waals surface area contributed by atoms with Gasteiger partial charge in [0.15, 0.2) is 0 Å². The summed E-state index contributed by atoms with van der Waals surface area (Å²) in [5.41, 5.74) is 3.62. The number of amides is 2. The molecule has 0 unspecified atom stereocenters. The minimum absolute atomic E-state index is 0.0676. The van der Waals surface area contributed by atoms with Crippen LogP contribution in [0.2, 0.25) is 0 Å². The summed E-state index contributed by atoms with van der Waals surface area (Å²) in [6.45, 7) is 0.773. The molecule has 0 bridgehead atoms. The molecule has 5 nitrogen and oxygen atoms in total. The van der Waals surface area contributed by atoms with Gasteiger partial charge in [0.25, 0.3) is 0 Å². The highest BCUT2D eigenvalue weighted by Gasteiger charge is 2.21. The van der Waals surface area contributed by atoms with Crippen LogP contribution >= 0.6 is 11.3 Å². The zero-order valence-electron chi connectivity index (χ0n) is 14.7. The van der Waals surface area contributed by atoms with Gasteiger partial charge >= 0.3 is 0 Å². The Morgan fingerprint density at radius 2 is 1.89 bits per heavy atom. The summed E-state index contributed by atoms with van der Waals surface area (Å²) in [5, 5.41) is 5.82. The van der Waals surface area contributed by atoms with Crippen LogP contribution in [0.25, 0.3) is 10.6 Å². The molecule has 1 N–H and O–H groups in total. The first-order chi connectivity index (χ1) is 13.2. The number of hydrogen-bond acceptors (Lipinski definition) is 4. The molecule has 1 aliphatic rings. The van der Waals surface area contributed by atoms with E-state index in [9.17, 15) is 9.59 Å². The van der Waals surface area contributed by atoms with Crippen molar-refractivity contribution < 1.29 is 9.59 Å². The largest absolute Gasteiger partial charge is 0.326 e. The molecule has 0 radical (unpaired) electrons. The van der Waals surface area contributed by atoms with E-state index in [1.807, 2.05) is 53.9 Å². The molecule has 0 spiro atoms. The Morgan fingerprint density at radius 3 is 2.52 bits per heavy atom. The molecule has 0 atom stereocenters. The summed E-state index contributed by atoms with van der Waals surface area (Å²) in [6.07, 6.45) is 3.60. The number of nitrogens with zero attached hydrogens (tertiary/aromatic N) is 2. The van der Waals surface area contributed by atoms with Crippen molar-refractivity contribution >= 4 is 34.5 Å². The fourth-order valence-electron chi connectivity index (χ4n) is 3.17. The minimum Gasteiger partial charge on any atom is -0.326 e. The minimum atomic E-state index is -0.0676. The van der Waals surface area contributed by atoms with Crippen LogP contribution in [0.3, 0.4) is 0 Å². The summed E-state index contributed by atoms with van der Waals surface area (Å²) in [5.74, 6) is 0.101. The Balaban J connectivity index is 1.35. The Morgan fingerprint density at radius 1 is 1.11 bits per heavy atom. The molecule has 4 rings (SSSR count). The standard InChI is InChI=1S/C21H19N3O2S/c25-19(23-17-7-5-16(6-8-17)21-22-11-13-27-21)14-15-3-9-18(10-4-15)24-12-1-2-20(24)26/h3-11,13H,1-2,12,14H2,(H,23,25). The van der Waals surface area contributed by atoms with Gasteiger partial charge in [-0.2, -0.15) is 0 Å². The Hall–Kier alpha value is -2.99. The first kappa shape index (κ1) is 17.4. The SMILES string of the molecule is O=C(Cc1ccc(N2CCCC2=O)cc1)Nc1ccc(-c2nccs2)cc1. The molecule has 2 amide bonds. The summed E-state index contributed by atoms with van der Waals surface area (Å²) in [6, 6.07) is 15.3. The zero-order chi connectivity index (χ0) is 18.6. The number of hydrogen-bond donors (Lipinski definition) is 1. The lowest BCUT2D eigenvalue weighted by atomic mass is 10.1. The number of benzene rings is 2. The van der Waals surface area contributed by atoms with Gasteiger partial charge in [-0.25, -0.2) is 4.98 Å². The van der Waals surface area contributed by atoms with E-state index in [1.165, 1.54) is 0 Å². The second-order valence-electron chi connectivity index (χ2n) is 6.45. The van der Waals surface area contributed by atoms with Crippen molar-refractivity contribution in [2.75, 3.05) is 16.8 Å². The second kappa shape index (κ2) is 7.72. The zero-order valence-corrected chi connectivity index (χ0v) is 15.5. The van der Waals surface area contributed by atoms with Crippen molar-refractivity contribution in [3.8, 4) is 10.6 Å². The van der Waals surface area contributed by atoms with E-state index in [-0.39, 0.29) is 11.8 Å². The van der Waals surface area contributed by atoms with E-state index in [1.54, 1.807) is 22.4 Å². The third-order valence-electron chi connectivity index (χ3n) is 4.53. The van der Waals surface area contributed by atoms with Gasteiger partial charge in [-0.05, 0) is 48.4 Å². The lowest BCUT2D eigenvalue weighted by Gasteiger charge is -2.15. The van der Waals surface area contributed by atoms with E-state index in [0.29, 0.717) is 12.8 Å². The molecule has 3 aromatic rings. The highest BCUT2D eigenvalue weighted by atomic mass is 32.1. The molecule has 0 saturated carbocycles. The van der Waals surface area contributed by atoms with Gasteiger partial charge in [0.2, 0.25) is 11.8 Å². The second-order valence-corrected chi connectivity index (χ2v) is 7.35. The number of nitrogens with one attached hydrogen (secondary N) is 1. The first-order valence-corrected chi connectivity index (χ1v) is 9.76. The van der Waals surface area contributed by atoms with Crippen molar-refractivity contribution in [3.63, 3.8) is 0 Å². The molecule has 136 valence electrons. The van der Waals surface area contributed by atoms with E-state index in [0.717, 1.165) is 40.5 Å². The summed E-state index contributed by atoms with van der Waals surface area (Å²) < 4.78 is 0. The Bertz CT molecular complexity index is 935. The maximum absolute atomic E-state index is 12.3. The van der Waals surface area contributed by atoms with Gasteiger partial charge in [-0.1, -0.05) is 12.1 Å². The van der Waals surface area contributed by atoms with Crippen molar-refractivity contribution in [2.24, 2.45) is 0 Å². The molecule has 6 heteroatoms. The third-order valence-corrected chi connectivity index (χ3v) is 5.36. The topological polar surface area (TPSA) is 62.3 Å². The molecule has 1 aromatic heterocycles. The number of anilines is 2. The van der Waals surface area contributed by atoms with E-state index < -0.39 is 0 Å². The number of thiazole rings is 1. The molecule has 1 fully saturated rings. The van der Waals surface area contributed by atoms with Crippen LogP contribution in [-0.2, 0) is 16.0 Å². The molecular formula is C21H19N3O2S. The van der Waals surface area contributed by atoms with Crippen molar-refractivity contribution in [1.29, 1.82) is 0 Å². The normalized spacial score (nSPS) is 13.8. The lowest BCUT2D eigenvalue weighted by molar-refractivity contribution is -0.117. The fraction of sp³-hybridized carbons (Fsp3) is 0.190. The molecule has 27 heavy (non-hydrogen) atoms. The Labute approximate surface area is 161 Å². The van der Waals surface area contributed by atoms with E-state index >= 15 is 0 Å². The molecule has 1 saturated heterocycles. The maximum Gasteiger partial charge on any atom is 0.228 e. The number of rotatable bonds is 5. The average Bonchev–Trinajstić information content (AvgIpc) is 3.35. The molecular weight excluding hydrogens is 358 g/mol. The van der Waals surface area contributed by atoms with Crippen molar-refractivity contribution in [2.45, 2.75) is 19.3 Å². The van der Waals surface area contributed by atoms with Crippen molar-refractivity contribution in [3.05, 3.63) is 65.7 Å². The molecule has 2 aromatic carbocycles. The van der Waals surface area contributed by atoms with E-state index in [4.69, 9.17) is 0 Å². The average molecular weight is 377 g/mol. The number of aromatic nitrogens is 1. The van der Waals surface area contributed by atoms with Gasteiger partial charge in [0, 0.05) is 41.5 Å². The number of carbonyl (C=O) groups excluding carboxylic acids is 2. The maximum atomic E-state index is 12.3. The van der Waals surface area contributed by atoms with Crippen LogP contribution in [0, 0.1) is 0 Å². The van der Waals surface area contributed by atoms with E-state index in [2.05, 4.69) is 10.3 Å². The summed E-state index contributed by atoms with van der Waals surface area (Å²) in [7, 11) is 0. The predicted molar refractivity (Wildman–Crippen MR) is 108 cm³/mol. The first-order valence-electron chi connectivity index (χ1n) is 8.88. The van der Waals surface area contributed by atoms with Crippen LogP contribution in [-0.4, -0.2) is 23.3 Å². The van der Waals surface area contributed by atoms with Gasteiger partial charge in [0.05, 0.1) is 6.42 Å². The highest BCUT2D eigenvalue weighted by Crippen LogP contribution is 2.24. The Kier molecular flexibility index (Phi) is 4.98. The summed E-state index contributed by atoms with van der Waals surface area (Å²) >= 11 is 1.58. The van der Waals surface area contributed by atoms with Gasteiger partial charge < -0.3 is 10.2 Å². The van der Waals surface area contributed by atoms with Gasteiger partial charge in [0.1, 0.15) is 5.01 Å². The number of carbonyl (C=O) groups is 2. The highest BCUT2D eigenvalue weighted by molar-refractivity contribution is 7.13. The van der Waals surface area contributed by atoms with Crippen molar-refractivity contribution in [1.82, 2.24) is 4.98 Å². The smallest absolute Gasteiger partial charge is 0.228 e. The van der Waals surface area contributed by atoms with Crippen LogP contribution in [0.5, 0.6) is 0 Å². The molecule has 2 heterocycles. The quantitative estimate of drug-likeness (QED) is 0.728. The molecule has 0 aliphatic carbocycles. The monoisotopic (exact) mass is 377 g/mol. The fourth-order valence-corrected chi connectivity index (χ4v) is 3.81. The summed E-state index contributed by atoms with van der Waals surface area (Å²) in [4.78, 5) is 30.2. The van der Waals surface area contributed by atoms with Crippen LogP contribution in [0.4, 0.5) is 11.4 Å². The predicted octanol–water partition coefficient (Wildman–Crippen LogP) is 4.12. The van der Waals surface area contributed by atoms with Gasteiger partial charge in [-0.15, -0.1) is 11.3 Å². The van der Waals surface area contributed by atoms with Crippen LogP contribution < -0.4 is 10.2 Å². The molecule has 1 aliphatic heterocycles. The van der Waals surface area contributed by atoms with Crippen LogP contribution in [0.1, 0.15) is 18.4 Å². The van der Waals surface area contributed by atoms with Gasteiger partial charge in [-0.3, -0.25) is 9.59 Å².